The maximum Gasteiger partial charge on any atom is 0.245 e. The molecule has 2 fully saturated rings. The van der Waals surface area contributed by atoms with Gasteiger partial charge in [0.1, 0.15) is 10.7 Å². The Morgan fingerprint density at radius 2 is 2.04 bits per heavy atom. The number of nitrogens with zero attached hydrogens (tertiary/aromatic N) is 1. The maximum atomic E-state index is 13.9. The summed E-state index contributed by atoms with van der Waals surface area (Å²) in [5.74, 6) is -0.299. The van der Waals surface area contributed by atoms with Crippen LogP contribution < -0.4 is 0 Å². The zero-order chi connectivity index (χ0) is 17.9. The summed E-state index contributed by atoms with van der Waals surface area (Å²) >= 11 is 0. The molecule has 0 N–H and O–H groups in total. The molecule has 1 aromatic rings. The molecule has 2 saturated heterocycles. The molecule has 1 atom stereocenters. The Morgan fingerprint density at radius 1 is 1.32 bits per heavy atom. The first-order valence-electron chi connectivity index (χ1n) is 8.96. The van der Waals surface area contributed by atoms with Crippen LogP contribution in [-0.4, -0.2) is 51.2 Å². The van der Waals surface area contributed by atoms with Gasteiger partial charge < -0.3 is 9.47 Å². The zero-order valence-electron chi connectivity index (χ0n) is 14.6. The largest absolute Gasteiger partial charge is 0.382 e. The molecule has 0 amide bonds. The number of hydrogen-bond acceptors (Lipinski definition) is 4. The number of piperidine rings is 1. The van der Waals surface area contributed by atoms with Gasteiger partial charge in [-0.05, 0) is 50.7 Å². The highest BCUT2D eigenvalue weighted by atomic mass is 32.2. The molecule has 0 saturated carbocycles. The van der Waals surface area contributed by atoms with E-state index >= 15 is 0 Å². The number of sulfonamides is 1. The Bertz CT molecular complexity index is 686. The second-order valence-corrected chi connectivity index (χ2v) is 8.63. The Balaban J connectivity index is 1.68. The van der Waals surface area contributed by atoms with Crippen molar-refractivity contribution < 1.29 is 22.3 Å². The van der Waals surface area contributed by atoms with Crippen molar-refractivity contribution in [1.29, 1.82) is 0 Å². The lowest BCUT2D eigenvalue weighted by Crippen LogP contribution is -2.49. The molecule has 2 heterocycles. The van der Waals surface area contributed by atoms with Crippen molar-refractivity contribution in [1.82, 2.24) is 4.31 Å². The maximum absolute atomic E-state index is 13.9. The van der Waals surface area contributed by atoms with Crippen molar-refractivity contribution >= 4 is 10.0 Å². The fraction of sp³-hybridized carbons (Fsp3) is 0.667. The van der Waals surface area contributed by atoms with E-state index in [1.54, 1.807) is 6.07 Å². The van der Waals surface area contributed by atoms with Crippen LogP contribution in [0.25, 0.3) is 0 Å². The molecule has 1 aromatic carbocycles. The van der Waals surface area contributed by atoms with Crippen LogP contribution in [-0.2, 0) is 19.5 Å². The molecular formula is C18H26FNO4S. The summed E-state index contributed by atoms with van der Waals surface area (Å²) in [6.45, 7) is 4.84. The van der Waals surface area contributed by atoms with Gasteiger partial charge in [-0.15, -0.1) is 0 Å². The SMILES string of the molecule is CCOCCC1CCOC12CCN(S(=O)(=O)c1ccccc1F)CC2. The number of halogens is 1. The van der Waals surface area contributed by atoms with Crippen LogP contribution >= 0.6 is 0 Å². The van der Waals surface area contributed by atoms with Crippen LogP contribution in [0.5, 0.6) is 0 Å². The van der Waals surface area contributed by atoms with Gasteiger partial charge in [0, 0.05) is 32.9 Å². The molecule has 3 rings (SSSR count). The molecular weight excluding hydrogens is 345 g/mol. The third-order valence-corrected chi connectivity index (χ3v) is 7.37. The predicted octanol–water partition coefficient (Wildman–Crippen LogP) is 2.81. The minimum Gasteiger partial charge on any atom is -0.382 e. The van der Waals surface area contributed by atoms with E-state index < -0.39 is 15.8 Å². The molecule has 1 spiro atoms. The van der Waals surface area contributed by atoms with Crippen molar-refractivity contribution in [2.45, 2.75) is 43.1 Å². The molecule has 0 aromatic heterocycles. The zero-order valence-corrected chi connectivity index (χ0v) is 15.4. The van der Waals surface area contributed by atoms with Gasteiger partial charge in [-0.25, -0.2) is 12.8 Å². The lowest BCUT2D eigenvalue weighted by molar-refractivity contribution is -0.0611. The van der Waals surface area contributed by atoms with E-state index in [-0.39, 0.29) is 10.5 Å². The minimum absolute atomic E-state index is 0.244. The molecule has 140 valence electrons. The highest BCUT2D eigenvalue weighted by Gasteiger charge is 2.47. The van der Waals surface area contributed by atoms with Crippen molar-refractivity contribution in [3.63, 3.8) is 0 Å². The molecule has 1 unspecified atom stereocenters. The Labute approximate surface area is 149 Å². The molecule has 0 radical (unpaired) electrons. The molecule has 5 nitrogen and oxygen atoms in total. The lowest BCUT2D eigenvalue weighted by Gasteiger charge is -2.41. The quantitative estimate of drug-likeness (QED) is 0.722. The second kappa shape index (κ2) is 7.70. The predicted molar refractivity (Wildman–Crippen MR) is 92.3 cm³/mol. The number of ether oxygens (including phenoxy) is 2. The van der Waals surface area contributed by atoms with Crippen molar-refractivity contribution in [2.24, 2.45) is 5.92 Å². The Kier molecular flexibility index (Phi) is 5.78. The van der Waals surface area contributed by atoms with Gasteiger partial charge in [-0.3, -0.25) is 0 Å². The summed E-state index contributed by atoms with van der Waals surface area (Å²) < 4.78 is 52.3. The normalized spacial score (nSPS) is 24.0. The summed E-state index contributed by atoms with van der Waals surface area (Å²) in [6, 6.07) is 5.55. The Morgan fingerprint density at radius 3 is 2.72 bits per heavy atom. The summed E-state index contributed by atoms with van der Waals surface area (Å²) in [7, 11) is -3.80. The number of hydrogen-bond donors (Lipinski definition) is 0. The van der Waals surface area contributed by atoms with Crippen LogP contribution in [0, 0.1) is 11.7 Å². The van der Waals surface area contributed by atoms with Gasteiger partial charge in [0.05, 0.1) is 5.60 Å². The first kappa shape index (κ1) is 18.8. The van der Waals surface area contributed by atoms with Crippen LogP contribution in [0.3, 0.4) is 0 Å². The van der Waals surface area contributed by atoms with Gasteiger partial charge in [0.15, 0.2) is 0 Å². The number of rotatable bonds is 6. The van der Waals surface area contributed by atoms with Gasteiger partial charge in [0.25, 0.3) is 0 Å². The molecule has 2 aliphatic rings. The minimum atomic E-state index is -3.80. The van der Waals surface area contributed by atoms with E-state index in [9.17, 15) is 12.8 Å². The fourth-order valence-electron chi connectivity index (χ4n) is 4.01. The monoisotopic (exact) mass is 371 g/mol. The van der Waals surface area contributed by atoms with Gasteiger partial charge >= 0.3 is 0 Å². The average molecular weight is 371 g/mol. The third kappa shape index (κ3) is 3.74. The molecule has 0 aliphatic carbocycles. The molecule has 7 heteroatoms. The average Bonchev–Trinajstić information content (AvgIpc) is 2.98. The number of benzene rings is 1. The molecule has 2 aliphatic heterocycles. The summed E-state index contributed by atoms with van der Waals surface area (Å²) in [5, 5.41) is 0. The van der Waals surface area contributed by atoms with E-state index in [4.69, 9.17) is 9.47 Å². The first-order chi connectivity index (χ1) is 12.0. The van der Waals surface area contributed by atoms with Crippen LogP contribution in [0.2, 0.25) is 0 Å². The van der Waals surface area contributed by atoms with E-state index in [0.717, 1.165) is 19.4 Å². The summed E-state index contributed by atoms with van der Waals surface area (Å²) in [5.41, 5.74) is -0.252. The lowest BCUT2D eigenvalue weighted by atomic mass is 9.78. The van der Waals surface area contributed by atoms with E-state index in [0.29, 0.717) is 45.1 Å². The van der Waals surface area contributed by atoms with Crippen molar-refractivity contribution in [3.05, 3.63) is 30.1 Å². The van der Waals surface area contributed by atoms with Crippen LogP contribution in [0.1, 0.15) is 32.6 Å². The van der Waals surface area contributed by atoms with Crippen LogP contribution in [0.4, 0.5) is 4.39 Å². The summed E-state index contributed by atoms with van der Waals surface area (Å²) in [4.78, 5) is -0.244. The highest BCUT2D eigenvalue weighted by molar-refractivity contribution is 7.89. The molecule has 0 bridgehead atoms. The fourth-order valence-corrected chi connectivity index (χ4v) is 5.52. The van der Waals surface area contributed by atoms with E-state index in [1.807, 2.05) is 6.92 Å². The van der Waals surface area contributed by atoms with Crippen molar-refractivity contribution in [3.8, 4) is 0 Å². The smallest absolute Gasteiger partial charge is 0.245 e. The first-order valence-corrected chi connectivity index (χ1v) is 10.4. The Hall–Kier alpha value is -1.02. The van der Waals surface area contributed by atoms with Gasteiger partial charge in [-0.1, -0.05) is 12.1 Å². The van der Waals surface area contributed by atoms with Gasteiger partial charge in [0.2, 0.25) is 10.0 Å². The standard InChI is InChI=1S/C18H26FNO4S/c1-2-23-13-7-15-8-14-24-18(15)9-11-20(12-10-18)25(21,22)17-6-4-3-5-16(17)19/h3-6,15H,2,7-14H2,1H3. The van der Waals surface area contributed by atoms with Crippen LogP contribution in [0.15, 0.2) is 29.2 Å². The van der Waals surface area contributed by atoms with Gasteiger partial charge in [-0.2, -0.15) is 4.31 Å². The topological polar surface area (TPSA) is 55.8 Å². The highest BCUT2D eigenvalue weighted by Crippen LogP contribution is 2.43. The molecule has 25 heavy (non-hydrogen) atoms. The van der Waals surface area contributed by atoms with E-state index in [1.165, 1.54) is 22.5 Å². The van der Waals surface area contributed by atoms with E-state index in [2.05, 4.69) is 0 Å². The summed E-state index contributed by atoms with van der Waals surface area (Å²) in [6.07, 6.45) is 3.23. The third-order valence-electron chi connectivity index (χ3n) is 5.44. The van der Waals surface area contributed by atoms with Crippen molar-refractivity contribution in [2.75, 3.05) is 32.9 Å². The second-order valence-electron chi connectivity index (χ2n) is 6.72.